The summed E-state index contributed by atoms with van der Waals surface area (Å²) in [5, 5.41) is 2.59. The second kappa shape index (κ2) is 9.97. The lowest BCUT2D eigenvalue weighted by Crippen LogP contribution is -2.24. The van der Waals surface area contributed by atoms with Gasteiger partial charge >= 0.3 is 0 Å². The standard InChI is InChI=1S/C45H33N3/c1-45(2)37-27-32(48-42-23-13-11-21-40(42)47(31-17-7-4-8-18-31)41-22-12-14-24-43(41)48)25-26-33(37)35-29-44-36(28-38(35)45)34-19-9-10-20-39(34)46(44)30-15-5-3-6-16-30/h3-29H,1-2H3. The van der Waals surface area contributed by atoms with Crippen LogP contribution in [-0.4, -0.2) is 4.57 Å². The Balaban J connectivity index is 1.17. The van der Waals surface area contributed by atoms with E-state index in [1.807, 2.05) is 0 Å². The van der Waals surface area contributed by atoms with Crippen molar-refractivity contribution >= 4 is 55.9 Å². The van der Waals surface area contributed by atoms with Crippen molar-refractivity contribution in [2.75, 3.05) is 9.80 Å². The summed E-state index contributed by atoms with van der Waals surface area (Å²) in [6, 6.07) is 59.8. The van der Waals surface area contributed by atoms with Crippen LogP contribution in [0.4, 0.5) is 34.1 Å². The molecule has 0 saturated carbocycles. The first-order chi connectivity index (χ1) is 23.6. The van der Waals surface area contributed by atoms with E-state index in [0.29, 0.717) is 0 Å². The van der Waals surface area contributed by atoms with Crippen molar-refractivity contribution in [3.8, 4) is 16.8 Å². The Hall–Kier alpha value is -6.06. The monoisotopic (exact) mass is 615 g/mol. The third kappa shape index (κ3) is 3.70. The summed E-state index contributed by atoms with van der Waals surface area (Å²) in [6.45, 7) is 4.78. The normalized spacial score (nSPS) is 14.1. The number of hydrogen-bond donors (Lipinski definition) is 0. The SMILES string of the molecule is CC1(C)c2cc(N3c4ccccc4N(c4ccccc4)c4ccccc43)ccc2-c2cc3c(cc21)c1ccccc1n3-c1ccccc1. The average Bonchev–Trinajstić information content (AvgIpc) is 3.58. The highest BCUT2D eigenvalue weighted by molar-refractivity contribution is 6.11. The second-order valence-electron chi connectivity index (χ2n) is 13.4. The molecule has 0 bridgehead atoms. The van der Waals surface area contributed by atoms with Crippen LogP contribution in [0.5, 0.6) is 0 Å². The third-order valence-corrected chi connectivity index (χ3v) is 10.5. The summed E-state index contributed by atoms with van der Waals surface area (Å²) in [4.78, 5) is 4.82. The first-order valence-corrected chi connectivity index (χ1v) is 16.7. The smallest absolute Gasteiger partial charge is 0.0703 e. The van der Waals surface area contributed by atoms with E-state index in [4.69, 9.17) is 0 Å². The summed E-state index contributed by atoms with van der Waals surface area (Å²) in [5.74, 6) is 0. The first-order valence-electron chi connectivity index (χ1n) is 16.7. The molecule has 0 saturated heterocycles. The van der Waals surface area contributed by atoms with Crippen LogP contribution in [-0.2, 0) is 5.41 Å². The molecule has 2 heterocycles. The van der Waals surface area contributed by atoms with Gasteiger partial charge in [0.1, 0.15) is 0 Å². The van der Waals surface area contributed by atoms with Gasteiger partial charge in [-0.2, -0.15) is 0 Å². The van der Waals surface area contributed by atoms with E-state index in [1.165, 1.54) is 78.2 Å². The minimum absolute atomic E-state index is 0.171. The molecule has 1 aromatic heterocycles. The second-order valence-corrected chi connectivity index (χ2v) is 13.4. The van der Waals surface area contributed by atoms with Gasteiger partial charge in [-0.1, -0.05) is 98.8 Å². The van der Waals surface area contributed by atoms with Crippen molar-refractivity contribution in [1.82, 2.24) is 4.57 Å². The summed E-state index contributed by atoms with van der Waals surface area (Å²) >= 11 is 0. The van der Waals surface area contributed by atoms with Crippen LogP contribution in [0.15, 0.2) is 164 Å². The maximum absolute atomic E-state index is 2.47. The summed E-state index contributed by atoms with van der Waals surface area (Å²) in [7, 11) is 0. The van der Waals surface area contributed by atoms with Gasteiger partial charge in [0.05, 0.1) is 33.8 Å². The van der Waals surface area contributed by atoms with Crippen LogP contribution in [0.3, 0.4) is 0 Å². The Morgan fingerprint density at radius 2 is 0.896 bits per heavy atom. The van der Waals surface area contributed by atoms with Crippen LogP contribution < -0.4 is 9.80 Å². The van der Waals surface area contributed by atoms with Crippen molar-refractivity contribution in [2.45, 2.75) is 19.3 Å². The van der Waals surface area contributed by atoms with E-state index < -0.39 is 0 Å². The molecular formula is C45H33N3. The van der Waals surface area contributed by atoms with Crippen LogP contribution >= 0.6 is 0 Å². The van der Waals surface area contributed by atoms with Gasteiger partial charge < -0.3 is 14.4 Å². The highest BCUT2D eigenvalue weighted by Crippen LogP contribution is 2.56. The molecule has 8 aromatic rings. The van der Waals surface area contributed by atoms with Gasteiger partial charge in [0, 0.05) is 33.2 Å². The average molecular weight is 616 g/mol. The zero-order valence-corrected chi connectivity index (χ0v) is 26.9. The van der Waals surface area contributed by atoms with Crippen LogP contribution in [0.2, 0.25) is 0 Å². The summed E-state index contributed by atoms with van der Waals surface area (Å²) < 4.78 is 2.42. The fourth-order valence-corrected chi connectivity index (χ4v) is 8.26. The number of rotatable bonds is 3. The van der Waals surface area contributed by atoms with Crippen LogP contribution in [0.25, 0.3) is 38.6 Å². The lowest BCUT2D eigenvalue weighted by Gasteiger charge is -2.40. The number of hydrogen-bond acceptors (Lipinski definition) is 2. The maximum Gasteiger partial charge on any atom is 0.0703 e. The van der Waals surface area contributed by atoms with Gasteiger partial charge in [-0.15, -0.1) is 0 Å². The van der Waals surface area contributed by atoms with E-state index >= 15 is 0 Å². The van der Waals surface area contributed by atoms with Gasteiger partial charge in [-0.05, 0) is 101 Å². The lowest BCUT2D eigenvalue weighted by molar-refractivity contribution is 0.661. The molecule has 0 amide bonds. The zero-order chi connectivity index (χ0) is 32.0. The van der Waals surface area contributed by atoms with Gasteiger partial charge in [0.25, 0.3) is 0 Å². The van der Waals surface area contributed by atoms with Crippen molar-refractivity contribution in [3.05, 3.63) is 175 Å². The molecule has 3 heteroatoms. The zero-order valence-electron chi connectivity index (χ0n) is 26.9. The van der Waals surface area contributed by atoms with E-state index in [1.54, 1.807) is 0 Å². The predicted octanol–water partition coefficient (Wildman–Crippen LogP) is 12.3. The molecule has 0 atom stereocenters. The highest BCUT2D eigenvalue weighted by Gasteiger charge is 2.38. The van der Waals surface area contributed by atoms with Crippen LogP contribution in [0, 0.1) is 0 Å². The van der Waals surface area contributed by atoms with Crippen molar-refractivity contribution in [2.24, 2.45) is 0 Å². The molecule has 0 spiro atoms. The number of anilines is 6. The molecule has 0 N–H and O–H groups in total. The first kappa shape index (κ1) is 27.1. The largest absolute Gasteiger partial charge is 0.309 e. The molecule has 7 aromatic carbocycles. The Morgan fingerprint density at radius 3 is 1.54 bits per heavy atom. The fraction of sp³-hybridized carbons (Fsp3) is 0.0667. The number of aromatic nitrogens is 1. The summed E-state index contributed by atoms with van der Waals surface area (Å²) in [6.07, 6.45) is 0. The van der Waals surface area contributed by atoms with E-state index in [2.05, 4.69) is 192 Å². The minimum Gasteiger partial charge on any atom is -0.309 e. The Kier molecular flexibility index (Phi) is 5.63. The minimum atomic E-state index is -0.171. The Bertz CT molecular complexity index is 2500. The van der Waals surface area contributed by atoms with Crippen molar-refractivity contribution in [1.29, 1.82) is 0 Å². The van der Waals surface area contributed by atoms with Gasteiger partial charge in [0.15, 0.2) is 0 Å². The maximum atomic E-state index is 2.47. The molecule has 3 nitrogen and oxygen atoms in total. The molecule has 0 unspecified atom stereocenters. The number of nitrogens with zero attached hydrogens (tertiary/aromatic N) is 3. The molecular weight excluding hydrogens is 583 g/mol. The number of para-hydroxylation sites is 7. The van der Waals surface area contributed by atoms with Gasteiger partial charge in [-0.25, -0.2) is 0 Å². The fourth-order valence-electron chi connectivity index (χ4n) is 8.26. The number of fused-ring (bicyclic) bond motifs is 8. The molecule has 48 heavy (non-hydrogen) atoms. The van der Waals surface area contributed by atoms with Crippen LogP contribution in [0.1, 0.15) is 25.0 Å². The Morgan fingerprint density at radius 1 is 0.375 bits per heavy atom. The van der Waals surface area contributed by atoms with E-state index in [9.17, 15) is 0 Å². The number of benzene rings is 7. The van der Waals surface area contributed by atoms with Gasteiger partial charge in [0.2, 0.25) is 0 Å². The highest BCUT2D eigenvalue weighted by atomic mass is 15.3. The molecule has 2 aliphatic rings. The van der Waals surface area contributed by atoms with Crippen molar-refractivity contribution < 1.29 is 0 Å². The topological polar surface area (TPSA) is 11.4 Å². The predicted molar refractivity (Wildman–Crippen MR) is 201 cm³/mol. The molecule has 1 aliphatic carbocycles. The Labute approximate surface area is 280 Å². The molecule has 10 rings (SSSR count). The van der Waals surface area contributed by atoms with E-state index in [-0.39, 0.29) is 5.41 Å². The molecule has 1 aliphatic heterocycles. The molecule has 0 fully saturated rings. The lowest BCUT2D eigenvalue weighted by atomic mass is 9.82. The third-order valence-electron chi connectivity index (χ3n) is 10.5. The summed E-state index contributed by atoms with van der Waals surface area (Å²) in [5.41, 5.74) is 15.9. The molecule has 0 radical (unpaired) electrons. The quantitative estimate of drug-likeness (QED) is 0.196. The van der Waals surface area contributed by atoms with E-state index in [0.717, 1.165) is 5.69 Å². The molecule has 228 valence electrons. The van der Waals surface area contributed by atoms with Gasteiger partial charge in [-0.3, -0.25) is 0 Å². The van der Waals surface area contributed by atoms with Crippen molar-refractivity contribution in [3.63, 3.8) is 0 Å².